The van der Waals surface area contributed by atoms with E-state index in [2.05, 4.69) is 12.1 Å². The molecule has 0 aliphatic carbocycles. The van der Waals surface area contributed by atoms with Crippen LogP contribution in [-0.4, -0.2) is 18.9 Å². The summed E-state index contributed by atoms with van der Waals surface area (Å²) in [4.78, 5) is 2.55. The Morgan fingerprint density at radius 3 is 2.33 bits per heavy atom. The predicted molar refractivity (Wildman–Crippen MR) is 54.8 cm³/mol. The van der Waals surface area contributed by atoms with Crippen LogP contribution in [0.3, 0.4) is 0 Å². The van der Waals surface area contributed by atoms with E-state index in [1.165, 1.54) is 9.80 Å². The average Bonchev–Trinajstić information content (AvgIpc) is 2.06. The molecule has 0 aliphatic heterocycles. The van der Waals surface area contributed by atoms with Gasteiger partial charge in [0.2, 0.25) is 4.83 Å². The number of halogens is 1. The molecule has 0 spiro atoms. The van der Waals surface area contributed by atoms with Gasteiger partial charge >= 0.3 is 0 Å². The van der Waals surface area contributed by atoms with E-state index in [0.717, 1.165) is 0 Å². The maximum Gasteiger partial charge on any atom is 0.214 e. The van der Waals surface area contributed by atoms with Crippen LogP contribution < -0.4 is 4.90 Å². The number of quaternary nitrogens is 1. The molecular formula is C9H13ClNS+. The molecule has 0 saturated heterocycles. The number of thioether (sulfide) groups is 1. The van der Waals surface area contributed by atoms with E-state index >= 15 is 0 Å². The molecule has 12 heavy (non-hydrogen) atoms. The van der Waals surface area contributed by atoms with Crippen LogP contribution in [0.1, 0.15) is 0 Å². The second kappa shape index (κ2) is 4.75. The zero-order valence-electron chi connectivity index (χ0n) is 7.25. The summed E-state index contributed by atoms with van der Waals surface area (Å²) in [5, 5.41) is 0. The normalized spacial score (nSPS) is 13.3. The smallest absolute Gasteiger partial charge is 0.214 e. The molecule has 1 rings (SSSR count). The Bertz CT molecular complexity index is 225. The van der Waals surface area contributed by atoms with Crippen molar-refractivity contribution in [1.29, 1.82) is 0 Å². The summed E-state index contributed by atoms with van der Waals surface area (Å²) in [6.07, 6.45) is 0. The van der Waals surface area contributed by atoms with Gasteiger partial charge in [-0.05, 0) is 35.5 Å². The van der Waals surface area contributed by atoms with Crippen molar-refractivity contribution < 1.29 is 4.90 Å². The molecule has 0 aliphatic rings. The summed E-state index contributed by atoms with van der Waals surface area (Å²) in [7, 11) is 4.10. The molecular weight excluding hydrogens is 190 g/mol. The monoisotopic (exact) mass is 202 g/mol. The van der Waals surface area contributed by atoms with E-state index in [0.29, 0.717) is 0 Å². The summed E-state index contributed by atoms with van der Waals surface area (Å²) in [5.41, 5.74) is 0. The SMILES string of the molecule is C[NH+](C)C(Cl)Sc1ccccc1. The van der Waals surface area contributed by atoms with E-state index < -0.39 is 0 Å². The van der Waals surface area contributed by atoms with Crippen LogP contribution in [0.15, 0.2) is 35.2 Å². The number of hydrogen-bond donors (Lipinski definition) is 1. The highest BCUT2D eigenvalue weighted by Crippen LogP contribution is 2.21. The topological polar surface area (TPSA) is 4.44 Å². The Morgan fingerprint density at radius 1 is 1.25 bits per heavy atom. The van der Waals surface area contributed by atoms with Crippen molar-refractivity contribution in [3.05, 3.63) is 30.3 Å². The van der Waals surface area contributed by atoms with Gasteiger partial charge in [-0.25, -0.2) is 0 Å². The van der Waals surface area contributed by atoms with Crippen molar-refractivity contribution in [3.8, 4) is 0 Å². The quantitative estimate of drug-likeness (QED) is 0.337. The Balaban J connectivity index is 2.53. The van der Waals surface area contributed by atoms with Crippen molar-refractivity contribution in [3.63, 3.8) is 0 Å². The highest BCUT2D eigenvalue weighted by molar-refractivity contribution is 8.00. The molecule has 66 valence electrons. The van der Waals surface area contributed by atoms with Gasteiger partial charge in [0.25, 0.3) is 0 Å². The Labute approximate surface area is 82.7 Å². The van der Waals surface area contributed by atoms with Gasteiger partial charge in [0.1, 0.15) is 0 Å². The van der Waals surface area contributed by atoms with E-state index in [9.17, 15) is 0 Å². The third-order valence-corrected chi connectivity index (χ3v) is 3.36. The summed E-state index contributed by atoms with van der Waals surface area (Å²) in [6, 6.07) is 10.2. The van der Waals surface area contributed by atoms with Crippen LogP contribution >= 0.6 is 23.4 Å². The van der Waals surface area contributed by atoms with Crippen LogP contribution in [0, 0.1) is 0 Å². The third kappa shape index (κ3) is 3.05. The number of benzene rings is 1. The second-order valence-electron chi connectivity index (χ2n) is 2.82. The molecule has 0 saturated carbocycles. The molecule has 1 aromatic carbocycles. The lowest BCUT2D eigenvalue weighted by atomic mass is 10.4. The van der Waals surface area contributed by atoms with Gasteiger partial charge in [0.05, 0.1) is 14.1 Å². The fraction of sp³-hybridized carbons (Fsp3) is 0.333. The molecule has 1 nitrogen and oxygen atoms in total. The number of nitrogens with one attached hydrogen (secondary N) is 1. The van der Waals surface area contributed by atoms with Crippen LogP contribution in [-0.2, 0) is 0 Å². The van der Waals surface area contributed by atoms with E-state index in [1.807, 2.05) is 32.3 Å². The summed E-state index contributed by atoms with van der Waals surface area (Å²) >= 11 is 7.76. The molecule has 0 fully saturated rings. The molecule has 1 aromatic rings. The molecule has 0 radical (unpaired) electrons. The number of alkyl halides is 1. The minimum absolute atomic E-state index is 0.0902. The molecule has 0 heterocycles. The molecule has 1 unspecified atom stereocenters. The molecule has 1 atom stereocenters. The maximum atomic E-state index is 6.08. The van der Waals surface area contributed by atoms with E-state index in [4.69, 9.17) is 11.6 Å². The van der Waals surface area contributed by atoms with Crippen molar-refractivity contribution in [1.82, 2.24) is 0 Å². The van der Waals surface area contributed by atoms with Gasteiger partial charge in [0, 0.05) is 4.90 Å². The van der Waals surface area contributed by atoms with Crippen molar-refractivity contribution >= 4 is 23.4 Å². The van der Waals surface area contributed by atoms with Gasteiger partial charge < -0.3 is 4.90 Å². The number of hydrogen-bond acceptors (Lipinski definition) is 1. The van der Waals surface area contributed by atoms with Crippen molar-refractivity contribution in [2.24, 2.45) is 0 Å². The first-order chi connectivity index (χ1) is 5.70. The summed E-state index contributed by atoms with van der Waals surface area (Å²) in [5.74, 6) is 0. The first kappa shape index (κ1) is 9.90. The first-order valence-electron chi connectivity index (χ1n) is 3.86. The van der Waals surface area contributed by atoms with E-state index in [-0.39, 0.29) is 4.83 Å². The zero-order chi connectivity index (χ0) is 8.97. The van der Waals surface area contributed by atoms with Gasteiger partial charge in [-0.1, -0.05) is 18.2 Å². The standard InChI is InChI=1S/C9H12ClNS/c1-11(2)9(10)12-8-6-4-3-5-7-8/h3-7,9H,1-2H3/p+1. The molecule has 1 N–H and O–H groups in total. The summed E-state index contributed by atoms with van der Waals surface area (Å²) in [6.45, 7) is 0. The Hall–Kier alpha value is -0.180. The molecule has 0 aromatic heterocycles. The average molecular weight is 203 g/mol. The van der Waals surface area contributed by atoms with Gasteiger partial charge in [0.15, 0.2) is 0 Å². The lowest BCUT2D eigenvalue weighted by Crippen LogP contribution is -3.08. The highest BCUT2D eigenvalue weighted by atomic mass is 35.5. The minimum Gasteiger partial charge on any atom is -0.316 e. The van der Waals surface area contributed by atoms with Crippen LogP contribution in [0.2, 0.25) is 0 Å². The van der Waals surface area contributed by atoms with Gasteiger partial charge in [-0.3, -0.25) is 0 Å². The van der Waals surface area contributed by atoms with Crippen LogP contribution in [0.25, 0.3) is 0 Å². The zero-order valence-corrected chi connectivity index (χ0v) is 8.82. The lowest BCUT2D eigenvalue weighted by molar-refractivity contribution is -0.855. The first-order valence-corrected chi connectivity index (χ1v) is 5.17. The Kier molecular flexibility index (Phi) is 3.92. The predicted octanol–water partition coefficient (Wildman–Crippen LogP) is 1.45. The maximum absolute atomic E-state index is 6.08. The highest BCUT2D eigenvalue weighted by Gasteiger charge is 2.11. The van der Waals surface area contributed by atoms with Crippen molar-refractivity contribution in [2.45, 2.75) is 9.73 Å². The number of rotatable bonds is 3. The van der Waals surface area contributed by atoms with Crippen LogP contribution in [0.4, 0.5) is 0 Å². The Morgan fingerprint density at radius 2 is 1.83 bits per heavy atom. The minimum atomic E-state index is 0.0902. The van der Waals surface area contributed by atoms with Crippen LogP contribution in [0.5, 0.6) is 0 Å². The van der Waals surface area contributed by atoms with Gasteiger partial charge in [-0.2, -0.15) is 0 Å². The molecule has 3 heteroatoms. The second-order valence-corrected chi connectivity index (χ2v) is 4.70. The van der Waals surface area contributed by atoms with E-state index in [1.54, 1.807) is 11.8 Å². The fourth-order valence-corrected chi connectivity index (χ4v) is 1.83. The van der Waals surface area contributed by atoms with Crippen molar-refractivity contribution in [2.75, 3.05) is 14.1 Å². The largest absolute Gasteiger partial charge is 0.316 e. The summed E-state index contributed by atoms with van der Waals surface area (Å²) < 4.78 is 0. The lowest BCUT2D eigenvalue weighted by Gasteiger charge is -2.13. The third-order valence-electron chi connectivity index (χ3n) is 1.44. The molecule has 0 amide bonds. The van der Waals surface area contributed by atoms with Gasteiger partial charge in [-0.15, -0.1) is 0 Å². The fourth-order valence-electron chi connectivity index (χ4n) is 0.736. The molecule has 0 bridgehead atoms.